The standard InChI is InChI=1S/C24H22N2O3/c1-28-20-12-8-18(9-13-20)23-16-22(17-6-4-3-5-7-17)25-26(23)24(27)19-10-14-21(29-2)15-11-19/h3-15,23H,16H2,1-2H3. The molecule has 1 heterocycles. The highest BCUT2D eigenvalue weighted by Gasteiger charge is 2.33. The second-order valence-corrected chi connectivity index (χ2v) is 6.78. The van der Waals surface area contributed by atoms with Crippen LogP contribution in [0.3, 0.4) is 0 Å². The highest BCUT2D eigenvalue weighted by Crippen LogP contribution is 2.34. The molecule has 146 valence electrons. The van der Waals surface area contributed by atoms with E-state index in [4.69, 9.17) is 14.6 Å². The molecule has 29 heavy (non-hydrogen) atoms. The number of amides is 1. The normalized spacial score (nSPS) is 15.7. The van der Waals surface area contributed by atoms with Crippen LogP contribution in [-0.4, -0.2) is 30.8 Å². The largest absolute Gasteiger partial charge is 0.497 e. The van der Waals surface area contributed by atoms with Gasteiger partial charge >= 0.3 is 0 Å². The van der Waals surface area contributed by atoms with Crippen LogP contribution >= 0.6 is 0 Å². The van der Waals surface area contributed by atoms with Gasteiger partial charge in [-0.2, -0.15) is 5.10 Å². The van der Waals surface area contributed by atoms with Crippen molar-refractivity contribution in [2.45, 2.75) is 12.5 Å². The van der Waals surface area contributed by atoms with E-state index in [0.29, 0.717) is 17.7 Å². The Morgan fingerprint density at radius 1 is 0.862 bits per heavy atom. The van der Waals surface area contributed by atoms with E-state index in [1.165, 1.54) is 0 Å². The quantitative estimate of drug-likeness (QED) is 0.639. The number of hydrogen-bond acceptors (Lipinski definition) is 4. The van der Waals surface area contributed by atoms with Crippen molar-refractivity contribution in [3.05, 3.63) is 95.6 Å². The van der Waals surface area contributed by atoms with Crippen LogP contribution in [0.4, 0.5) is 0 Å². The lowest BCUT2D eigenvalue weighted by Gasteiger charge is -2.22. The van der Waals surface area contributed by atoms with Gasteiger partial charge in [0.1, 0.15) is 11.5 Å². The van der Waals surface area contributed by atoms with E-state index < -0.39 is 0 Å². The fraction of sp³-hybridized carbons (Fsp3) is 0.167. The second-order valence-electron chi connectivity index (χ2n) is 6.78. The number of benzene rings is 3. The minimum absolute atomic E-state index is 0.139. The van der Waals surface area contributed by atoms with Crippen molar-refractivity contribution in [1.82, 2.24) is 5.01 Å². The van der Waals surface area contributed by atoms with Gasteiger partial charge < -0.3 is 9.47 Å². The van der Waals surface area contributed by atoms with Crippen molar-refractivity contribution >= 4 is 11.6 Å². The number of ether oxygens (including phenoxy) is 2. The summed E-state index contributed by atoms with van der Waals surface area (Å²) in [5.74, 6) is 1.35. The summed E-state index contributed by atoms with van der Waals surface area (Å²) in [4.78, 5) is 13.3. The van der Waals surface area contributed by atoms with Crippen LogP contribution in [-0.2, 0) is 0 Å². The van der Waals surface area contributed by atoms with Crippen LogP contribution < -0.4 is 9.47 Å². The zero-order valence-corrected chi connectivity index (χ0v) is 16.4. The van der Waals surface area contributed by atoms with Gasteiger partial charge in [0.15, 0.2) is 0 Å². The third-order valence-corrected chi connectivity index (χ3v) is 5.06. The third-order valence-electron chi connectivity index (χ3n) is 5.06. The number of nitrogens with zero attached hydrogens (tertiary/aromatic N) is 2. The summed E-state index contributed by atoms with van der Waals surface area (Å²) < 4.78 is 10.5. The van der Waals surface area contributed by atoms with Crippen LogP contribution in [0.5, 0.6) is 11.5 Å². The zero-order valence-electron chi connectivity index (χ0n) is 16.4. The first-order valence-electron chi connectivity index (χ1n) is 9.44. The Kier molecular flexibility index (Phi) is 5.29. The first-order chi connectivity index (χ1) is 14.2. The molecule has 0 N–H and O–H groups in total. The molecule has 0 saturated heterocycles. The zero-order chi connectivity index (χ0) is 20.2. The highest BCUT2D eigenvalue weighted by atomic mass is 16.5. The van der Waals surface area contributed by atoms with E-state index >= 15 is 0 Å². The maximum Gasteiger partial charge on any atom is 0.274 e. The summed E-state index contributed by atoms with van der Waals surface area (Å²) in [7, 11) is 3.24. The van der Waals surface area contributed by atoms with Gasteiger partial charge in [-0.05, 0) is 47.5 Å². The summed E-state index contributed by atoms with van der Waals surface area (Å²) in [6.45, 7) is 0. The minimum atomic E-state index is -0.175. The molecule has 3 aromatic rings. The molecule has 0 spiro atoms. The SMILES string of the molecule is COc1ccc(C(=O)N2N=C(c3ccccc3)CC2c2ccc(OC)cc2)cc1. The number of hydrazone groups is 1. The molecule has 1 unspecified atom stereocenters. The second kappa shape index (κ2) is 8.19. The van der Waals surface area contributed by atoms with Crippen molar-refractivity contribution in [2.75, 3.05) is 14.2 Å². The Bertz CT molecular complexity index is 1010. The number of hydrogen-bond donors (Lipinski definition) is 0. The van der Waals surface area contributed by atoms with Crippen LogP contribution in [0.2, 0.25) is 0 Å². The molecule has 4 rings (SSSR count). The molecule has 0 bridgehead atoms. The van der Waals surface area contributed by atoms with Crippen molar-refractivity contribution < 1.29 is 14.3 Å². The Morgan fingerprint density at radius 3 is 2.03 bits per heavy atom. The van der Waals surface area contributed by atoms with Gasteiger partial charge in [0.25, 0.3) is 5.91 Å². The van der Waals surface area contributed by atoms with Crippen LogP contribution in [0.1, 0.15) is 33.9 Å². The molecule has 3 aromatic carbocycles. The average Bonchev–Trinajstić information content (AvgIpc) is 3.25. The van der Waals surface area contributed by atoms with Crippen molar-refractivity contribution in [3.63, 3.8) is 0 Å². The topological polar surface area (TPSA) is 51.1 Å². The monoisotopic (exact) mass is 386 g/mol. The maximum absolute atomic E-state index is 13.3. The molecule has 1 aliphatic heterocycles. The summed E-state index contributed by atoms with van der Waals surface area (Å²) >= 11 is 0. The van der Waals surface area contributed by atoms with Gasteiger partial charge in [-0.3, -0.25) is 4.79 Å². The molecule has 5 nitrogen and oxygen atoms in total. The van der Waals surface area contributed by atoms with Gasteiger partial charge in [0.2, 0.25) is 0 Å². The Hall–Kier alpha value is -3.60. The average molecular weight is 386 g/mol. The molecule has 1 amide bonds. The summed E-state index contributed by atoms with van der Waals surface area (Å²) in [6, 6.07) is 24.7. The van der Waals surface area contributed by atoms with Crippen molar-refractivity contribution in [1.29, 1.82) is 0 Å². The Balaban J connectivity index is 1.69. The van der Waals surface area contributed by atoms with E-state index in [1.807, 2.05) is 54.6 Å². The minimum Gasteiger partial charge on any atom is -0.497 e. The molecule has 0 aromatic heterocycles. The van der Waals surface area contributed by atoms with Crippen molar-refractivity contribution in [2.24, 2.45) is 5.10 Å². The van der Waals surface area contributed by atoms with E-state index in [0.717, 1.165) is 22.6 Å². The summed E-state index contributed by atoms with van der Waals surface area (Å²) in [5.41, 5.74) is 3.51. The number of carbonyl (C=O) groups excluding carboxylic acids is 1. The smallest absolute Gasteiger partial charge is 0.274 e. The van der Waals surface area contributed by atoms with Gasteiger partial charge in [-0.15, -0.1) is 0 Å². The molecule has 0 fully saturated rings. The van der Waals surface area contributed by atoms with Gasteiger partial charge in [-0.25, -0.2) is 5.01 Å². The van der Waals surface area contributed by atoms with Crippen LogP contribution in [0.15, 0.2) is 84.0 Å². The summed E-state index contributed by atoms with van der Waals surface area (Å²) in [6.07, 6.45) is 0.651. The van der Waals surface area contributed by atoms with Gasteiger partial charge in [0, 0.05) is 12.0 Å². The predicted molar refractivity (Wildman–Crippen MR) is 112 cm³/mol. The lowest BCUT2D eigenvalue weighted by atomic mass is 9.98. The first-order valence-corrected chi connectivity index (χ1v) is 9.44. The fourth-order valence-electron chi connectivity index (χ4n) is 3.45. The van der Waals surface area contributed by atoms with Crippen molar-refractivity contribution in [3.8, 4) is 11.5 Å². The Labute approximate surface area is 170 Å². The Morgan fingerprint density at radius 2 is 1.45 bits per heavy atom. The van der Waals surface area contributed by atoms with E-state index in [-0.39, 0.29) is 11.9 Å². The molecule has 0 radical (unpaired) electrons. The number of rotatable bonds is 5. The fourth-order valence-corrected chi connectivity index (χ4v) is 3.45. The van der Waals surface area contributed by atoms with Gasteiger partial charge in [0.05, 0.1) is 26.0 Å². The lowest BCUT2D eigenvalue weighted by Crippen LogP contribution is -2.27. The molecule has 1 atom stereocenters. The highest BCUT2D eigenvalue weighted by molar-refractivity contribution is 6.05. The summed E-state index contributed by atoms with van der Waals surface area (Å²) in [5, 5.41) is 6.30. The van der Waals surface area contributed by atoms with E-state index in [2.05, 4.69) is 0 Å². The molecular formula is C24H22N2O3. The van der Waals surface area contributed by atoms with Gasteiger partial charge in [-0.1, -0.05) is 42.5 Å². The maximum atomic E-state index is 13.3. The van der Waals surface area contributed by atoms with Crippen LogP contribution in [0.25, 0.3) is 0 Å². The van der Waals surface area contributed by atoms with E-state index in [9.17, 15) is 4.79 Å². The van der Waals surface area contributed by atoms with Crippen LogP contribution in [0, 0.1) is 0 Å². The van der Waals surface area contributed by atoms with E-state index in [1.54, 1.807) is 43.5 Å². The molecule has 0 saturated carbocycles. The third kappa shape index (κ3) is 3.85. The first kappa shape index (κ1) is 18.7. The molecule has 0 aliphatic carbocycles. The molecule has 1 aliphatic rings. The molecular weight excluding hydrogens is 364 g/mol. The lowest BCUT2D eigenvalue weighted by molar-refractivity contribution is 0.0711. The molecule has 5 heteroatoms. The number of carbonyl (C=O) groups is 1. The number of methoxy groups -OCH3 is 2. The predicted octanol–water partition coefficient (Wildman–Crippen LogP) is 4.70.